The topological polar surface area (TPSA) is 32.9 Å². The maximum atomic E-state index is 11.4. The molecule has 0 unspecified atom stereocenters. The van der Waals surface area contributed by atoms with Crippen LogP contribution in [0.5, 0.6) is 0 Å². The van der Waals surface area contributed by atoms with Crippen molar-refractivity contribution in [1.29, 1.82) is 0 Å². The molecule has 0 aliphatic carbocycles. The van der Waals surface area contributed by atoms with Crippen LogP contribution in [0.15, 0.2) is 53.5 Å². The van der Waals surface area contributed by atoms with Crippen LogP contribution in [0.2, 0.25) is 0 Å². The Labute approximate surface area is 106 Å². The van der Waals surface area contributed by atoms with Gasteiger partial charge in [0.05, 0.1) is 0 Å². The molecule has 2 rings (SSSR count). The van der Waals surface area contributed by atoms with Crippen molar-refractivity contribution in [1.82, 2.24) is 4.98 Å². The minimum atomic E-state index is -0.0475. The Morgan fingerprint density at radius 1 is 1.00 bits per heavy atom. The van der Waals surface area contributed by atoms with Crippen molar-refractivity contribution in [2.75, 3.05) is 0 Å². The summed E-state index contributed by atoms with van der Waals surface area (Å²) >= 11 is 0. The zero-order valence-electron chi connectivity index (χ0n) is 9.03. The Kier molecular flexibility index (Phi) is 4.14. The van der Waals surface area contributed by atoms with Crippen molar-refractivity contribution in [3.63, 3.8) is 0 Å². The average Bonchev–Trinajstić information content (AvgIpc) is 2.20. The molecule has 1 aromatic heterocycles. The summed E-state index contributed by atoms with van der Waals surface area (Å²) in [7, 11) is 0. The van der Waals surface area contributed by atoms with Crippen LogP contribution < -0.4 is 35.1 Å². The van der Waals surface area contributed by atoms with Gasteiger partial charge in [-0.15, -0.1) is 0 Å². The van der Waals surface area contributed by atoms with Crippen LogP contribution in [0, 0.1) is 0 Å². The van der Waals surface area contributed by atoms with E-state index in [0.29, 0.717) is 5.56 Å². The Morgan fingerprint density at radius 2 is 1.71 bits per heavy atom. The van der Waals surface area contributed by atoms with Crippen molar-refractivity contribution < 1.29 is 31.0 Å². The van der Waals surface area contributed by atoms with E-state index in [1.165, 1.54) is 0 Å². The molecular weight excluding hydrogens is 185 g/mol. The van der Waals surface area contributed by atoms with E-state index in [1.807, 2.05) is 42.5 Å². The predicted octanol–water partition coefficient (Wildman–Crippen LogP) is -0.842. The fourth-order valence-corrected chi connectivity index (χ4v) is 1.27. The molecule has 2 nitrogen and oxygen atoms in total. The van der Waals surface area contributed by atoms with Gasteiger partial charge in [0.25, 0.3) is 5.56 Å². The first kappa shape index (κ1) is 11.2. The molecular formula is C11H10NNaO. The number of nitrogens with one attached hydrogen (secondary N) is 1. The van der Waals surface area contributed by atoms with Crippen LogP contribution in [0.3, 0.4) is 0 Å². The van der Waals surface area contributed by atoms with E-state index in [1.54, 1.807) is 6.20 Å². The number of aromatic nitrogens is 1. The van der Waals surface area contributed by atoms with Crippen molar-refractivity contribution >= 4 is 0 Å². The van der Waals surface area contributed by atoms with Crippen LogP contribution in [-0.4, -0.2) is 4.98 Å². The third-order valence-electron chi connectivity index (χ3n) is 1.90. The van der Waals surface area contributed by atoms with Gasteiger partial charge in [-0.3, -0.25) is 4.79 Å². The molecule has 0 saturated carbocycles. The molecule has 66 valence electrons. The van der Waals surface area contributed by atoms with E-state index in [-0.39, 0.29) is 36.5 Å². The Morgan fingerprint density at radius 3 is 2.36 bits per heavy atom. The Balaban J connectivity index is 0.000000980. The van der Waals surface area contributed by atoms with Gasteiger partial charge in [-0.05, 0) is 17.7 Å². The van der Waals surface area contributed by atoms with Gasteiger partial charge < -0.3 is 6.41 Å². The number of H-pyrrole nitrogens is 1. The maximum absolute atomic E-state index is 11.4. The summed E-state index contributed by atoms with van der Waals surface area (Å²) in [5.74, 6) is 0. The summed E-state index contributed by atoms with van der Waals surface area (Å²) in [6, 6.07) is 13.2. The van der Waals surface area contributed by atoms with Gasteiger partial charge in [-0.2, -0.15) is 0 Å². The second kappa shape index (κ2) is 5.15. The van der Waals surface area contributed by atoms with Gasteiger partial charge in [0.2, 0.25) is 0 Å². The molecule has 0 radical (unpaired) electrons. The minimum Gasteiger partial charge on any atom is -1.00 e. The summed E-state index contributed by atoms with van der Waals surface area (Å²) in [5.41, 5.74) is 1.61. The largest absolute Gasteiger partial charge is 1.00 e. The molecule has 14 heavy (non-hydrogen) atoms. The molecule has 0 saturated heterocycles. The van der Waals surface area contributed by atoms with E-state index < -0.39 is 0 Å². The Hall–Kier alpha value is -0.830. The third kappa shape index (κ3) is 2.35. The Bertz CT molecular complexity index is 455. The van der Waals surface area contributed by atoms with E-state index in [4.69, 9.17) is 0 Å². The standard InChI is InChI=1S/C11H9NO.Na.H/c13-11-10(7-4-8-12-11)9-5-2-1-3-6-9;;/h1-8H,(H,12,13);;/q;+1;-1. The number of pyridine rings is 1. The van der Waals surface area contributed by atoms with Crippen molar-refractivity contribution in [2.45, 2.75) is 0 Å². The van der Waals surface area contributed by atoms with Gasteiger partial charge in [0, 0.05) is 11.8 Å². The number of hydrogen-bond donors (Lipinski definition) is 1. The smallest absolute Gasteiger partial charge is 1.00 e. The quantitative estimate of drug-likeness (QED) is 0.591. The molecule has 0 spiro atoms. The molecule has 0 aliphatic heterocycles. The van der Waals surface area contributed by atoms with Gasteiger partial charge in [0.15, 0.2) is 0 Å². The first-order valence-corrected chi connectivity index (χ1v) is 4.11. The second-order valence-corrected chi connectivity index (χ2v) is 2.78. The van der Waals surface area contributed by atoms with Crippen LogP contribution in [0.1, 0.15) is 1.43 Å². The third-order valence-corrected chi connectivity index (χ3v) is 1.90. The normalized spacial score (nSPS) is 9.14. The second-order valence-electron chi connectivity index (χ2n) is 2.78. The molecule has 3 heteroatoms. The van der Waals surface area contributed by atoms with Crippen molar-refractivity contribution in [3.8, 4) is 11.1 Å². The molecule has 0 fully saturated rings. The molecule has 1 aromatic carbocycles. The summed E-state index contributed by atoms with van der Waals surface area (Å²) < 4.78 is 0. The SMILES string of the molecule is O=c1[nH]cccc1-c1ccccc1.[H-].[Na+]. The zero-order chi connectivity index (χ0) is 9.10. The predicted molar refractivity (Wildman–Crippen MR) is 53.6 cm³/mol. The van der Waals surface area contributed by atoms with Crippen LogP contribution >= 0.6 is 0 Å². The summed E-state index contributed by atoms with van der Waals surface area (Å²) in [6.07, 6.45) is 1.63. The van der Waals surface area contributed by atoms with Gasteiger partial charge >= 0.3 is 29.6 Å². The fraction of sp³-hybridized carbons (Fsp3) is 0. The van der Waals surface area contributed by atoms with E-state index in [0.717, 1.165) is 5.56 Å². The van der Waals surface area contributed by atoms with Crippen LogP contribution in [-0.2, 0) is 0 Å². The van der Waals surface area contributed by atoms with Crippen molar-refractivity contribution in [2.24, 2.45) is 0 Å². The summed E-state index contributed by atoms with van der Waals surface area (Å²) in [4.78, 5) is 14.0. The molecule has 0 aliphatic rings. The monoisotopic (exact) mass is 195 g/mol. The van der Waals surface area contributed by atoms with E-state index in [2.05, 4.69) is 4.98 Å². The summed E-state index contributed by atoms with van der Waals surface area (Å²) in [5, 5.41) is 0. The maximum Gasteiger partial charge on any atom is 1.00 e. The molecule has 1 N–H and O–H groups in total. The molecule has 2 aromatic rings. The molecule has 0 bridgehead atoms. The van der Waals surface area contributed by atoms with Gasteiger partial charge in [0.1, 0.15) is 0 Å². The number of benzene rings is 1. The fourth-order valence-electron chi connectivity index (χ4n) is 1.27. The number of aromatic amines is 1. The van der Waals surface area contributed by atoms with Crippen molar-refractivity contribution in [3.05, 3.63) is 59.0 Å². The van der Waals surface area contributed by atoms with Crippen LogP contribution in [0.25, 0.3) is 11.1 Å². The molecule has 0 amide bonds. The van der Waals surface area contributed by atoms with Gasteiger partial charge in [-0.1, -0.05) is 30.3 Å². The number of hydrogen-bond acceptors (Lipinski definition) is 1. The first-order chi connectivity index (χ1) is 6.38. The summed E-state index contributed by atoms with van der Waals surface area (Å²) in [6.45, 7) is 0. The number of rotatable bonds is 1. The van der Waals surface area contributed by atoms with E-state index in [9.17, 15) is 4.79 Å². The molecule has 1 heterocycles. The zero-order valence-corrected chi connectivity index (χ0v) is 10.0. The van der Waals surface area contributed by atoms with Crippen LogP contribution in [0.4, 0.5) is 0 Å². The first-order valence-electron chi connectivity index (χ1n) is 4.11. The van der Waals surface area contributed by atoms with E-state index >= 15 is 0 Å². The molecule has 0 atom stereocenters. The average molecular weight is 195 g/mol. The van der Waals surface area contributed by atoms with Gasteiger partial charge in [-0.25, -0.2) is 0 Å². The minimum absolute atomic E-state index is 0.